The lowest BCUT2D eigenvalue weighted by Gasteiger charge is -2.12. The van der Waals surface area contributed by atoms with Crippen molar-refractivity contribution >= 4 is 29.1 Å². The molecule has 6 heteroatoms. The fraction of sp³-hybridized carbons (Fsp3) is 0.316. The highest BCUT2D eigenvalue weighted by molar-refractivity contribution is 6.35. The maximum absolute atomic E-state index is 12.3. The molecule has 0 saturated carbocycles. The van der Waals surface area contributed by atoms with E-state index in [9.17, 15) is 4.79 Å². The van der Waals surface area contributed by atoms with Crippen LogP contribution >= 0.6 is 23.2 Å². The van der Waals surface area contributed by atoms with Gasteiger partial charge >= 0.3 is 0 Å². The van der Waals surface area contributed by atoms with Crippen LogP contribution < -0.4 is 10.1 Å². The van der Waals surface area contributed by atoms with E-state index in [4.69, 9.17) is 32.7 Å². The molecule has 1 aliphatic heterocycles. The van der Waals surface area contributed by atoms with Gasteiger partial charge < -0.3 is 14.8 Å². The highest BCUT2D eigenvalue weighted by Crippen LogP contribution is 2.28. The van der Waals surface area contributed by atoms with Gasteiger partial charge in [-0.25, -0.2) is 0 Å². The molecule has 1 amide bonds. The van der Waals surface area contributed by atoms with Crippen molar-refractivity contribution in [2.24, 2.45) is 0 Å². The summed E-state index contributed by atoms with van der Waals surface area (Å²) in [6, 6.07) is 12.4. The van der Waals surface area contributed by atoms with Crippen LogP contribution in [-0.2, 0) is 11.3 Å². The lowest BCUT2D eigenvalue weighted by atomic mass is 10.1. The molecule has 0 aliphatic carbocycles. The van der Waals surface area contributed by atoms with Crippen molar-refractivity contribution in [1.82, 2.24) is 5.32 Å². The smallest absolute Gasteiger partial charge is 0.251 e. The van der Waals surface area contributed by atoms with E-state index in [-0.39, 0.29) is 12.0 Å². The van der Waals surface area contributed by atoms with Crippen LogP contribution in [0, 0.1) is 0 Å². The Balaban J connectivity index is 1.57. The minimum absolute atomic E-state index is 0.109. The third-order valence-electron chi connectivity index (χ3n) is 3.99. The predicted octanol–water partition coefficient (Wildman–Crippen LogP) is 4.48. The third-order valence-corrected chi connectivity index (χ3v) is 4.52. The molecule has 1 atom stereocenters. The largest absolute Gasteiger partial charge is 0.487 e. The summed E-state index contributed by atoms with van der Waals surface area (Å²) in [4.78, 5) is 12.3. The highest BCUT2D eigenvalue weighted by atomic mass is 35.5. The van der Waals surface area contributed by atoms with Crippen LogP contribution in [0.1, 0.15) is 28.8 Å². The Hall–Kier alpha value is -1.75. The molecule has 2 aromatic carbocycles. The summed E-state index contributed by atoms with van der Waals surface area (Å²) in [5, 5.41) is 3.93. The monoisotopic (exact) mass is 379 g/mol. The molecule has 0 bridgehead atoms. The molecule has 1 saturated heterocycles. The zero-order valence-electron chi connectivity index (χ0n) is 13.6. The van der Waals surface area contributed by atoms with Crippen molar-refractivity contribution in [3.05, 3.63) is 63.6 Å². The van der Waals surface area contributed by atoms with E-state index in [1.807, 2.05) is 18.2 Å². The standard InChI is InChI=1S/C19H19Cl2NO3/c20-15-6-7-18(17(21)10-15)25-12-13-3-1-4-14(9-13)19(23)22-11-16-5-2-8-24-16/h1,3-4,6-7,9-10,16H,2,5,8,11-12H2,(H,22,23)/t16-/m1/s1. The summed E-state index contributed by atoms with van der Waals surface area (Å²) in [6.07, 6.45) is 2.18. The zero-order valence-corrected chi connectivity index (χ0v) is 15.1. The number of nitrogens with one attached hydrogen (secondary N) is 1. The van der Waals surface area contributed by atoms with Gasteiger partial charge in [-0.1, -0.05) is 35.3 Å². The van der Waals surface area contributed by atoms with Gasteiger partial charge in [0, 0.05) is 23.7 Å². The van der Waals surface area contributed by atoms with Crippen LogP contribution in [0.2, 0.25) is 10.0 Å². The number of amides is 1. The van der Waals surface area contributed by atoms with Crippen molar-refractivity contribution in [3.63, 3.8) is 0 Å². The average molecular weight is 380 g/mol. The molecule has 0 radical (unpaired) electrons. The van der Waals surface area contributed by atoms with Crippen LogP contribution in [0.25, 0.3) is 0 Å². The fourth-order valence-electron chi connectivity index (χ4n) is 2.67. The van der Waals surface area contributed by atoms with Gasteiger partial charge in [-0.3, -0.25) is 4.79 Å². The van der Waals surface area contributed by atoms with Gasteiger partial charge in [0.2, 0.25) is 0 Å². The molecule has 1 heterocycles. The summed E-state index contributed by atoms with van der Waals surface area (Å²) in [6.45, 7) is 1.63. The maximum Gasteiger partial charge on any atom is 0.251 e. The van der Waals surface area contributed by atoms with E-state index in [0.717, 1.165) is 25.0 Å². The summed E-state index contributed by atoms with van der Waals surface area (Å²) in [7, 11) is 0. The number of ether oxygens (including phenoxy) is 2. The number of carbonyl (C=O) groups excluding carboxylic acids is 1. The topological polar surface area (TPSA) is 47.6 Å². The van der Waals surface area contributed by atoms with Gasteiger partial charge in [-0.15, -0.1) is 0 Å². The van der Waals surface area contributed by atoms with Crippen LogP contribution in [0.5, 0.6) is 5.75 Å². The maximum atomic E-state index is 12.3. The molecule has 0 unspecified atom stereocenters. The van der Waals surface area contributed by atoms with E-state index in [1.54, 1.807) is 24.3 Å². The first kappa shape index (κ1) is 18.1. The Morgan fingerprint density at radius 1 is 1.24 bits per heavy atom. The van der Waals surface area contributed by atoms with E-state index in [2.05, 4.69) is 5.32 Å². The van der Waals surface area contributed by atoms with Gasteiger partial charge in [0.05, 0.1) is 11.1 Å². The number of rotatable bonds is 6. The van der Waals surface area contributed by atoms with Crippen molar-refractivity contribution < 1.29 is 14.3 Å². The van der Waals surface area contributed by atoms with Gasteiger partial charge in [-0.2, -0.15) is 0 Å². The quantitative estimate of drug-likeness (QED) is 0.804. The lowest BCUT2D eigenvalue weighted by Crippen LogP contribution is -2.31. The molecule has 2 aromatic rings. The Bertz CT molecular complexity index is 745. The number of benzene rings is 2. The first-order valence-corrected chi connectivity index (χ1v) is 8.94. The minimum atomic E-state index is -0.109. The number of carbonyl (C=O) groups is 1. The summed E-state index contributed by atoms with van der Waals surface area (Å²) >= 11 is 12.0. The van der Waals surface area contributed by atoms with Crippen molar-refractivity contribution in [2.45, 2.75) is 25.6 Å². The Morgan fingerprint density at radius 2 is 2.12 bits per heavy atom. The Labute approximate surface area is 157 Å². The van der Waals surface area contributed by atoms with Crippen LogP contribution in [0.4, 0.5) is 0 Å². The number of halogens is 2. The van der Waals surface area contributed by atoms with E-state index >= 15 is 0 Å². The van der Waals surface area contributed by atoms with E-state index in [1.165, 1.54) is 0 Å². The minimum Gasteiger partial charge on any atom is -0.487 e. The first-order valence-electron chi connectivity index (χ1n) is 8.18. The van der Waals surface area contributed by atoms with E-state index < -0.39 is 0 Å². The highest BCUT2D eigenvalue weighted by Gasteiger charge is 2.16. The second-order valence-electron chi connectivity index (χ2n) is 5.91. The predicted molar refractivity (Wildman–Crippen MR) is 98.5 cm³/mol. The number of hydrogen-bond acceptors (Lipinski definition) is 3. The molecular formula is C19H19Cl2NO3. The lowest BCUT2D eigenvalue weighted by molar-refractivity contribution is 0.0857. The van der Waals surface area contributed by atoms with Crippen LogP contribution in [0.3, 0.4) is 0 Å². The molecule has 0 spiro atoms. The Morgan fingerprint density at radius 3 is 2.88 bits per heavy atom. The van der Waals surface area contributed by atoms with Crippen molar-refractivity contribution in [1.29, 1.82) is 0 Å². The fourth-order valence-corrected chi connectivity index (χ4v) is 3.13. The van der Waals surface area contributed by atoms with Gasteiger partial charge in [0.15, 0.2) is 0 Å². The summed E-state index contributed by atoms with van der Waals surface area (Å²) in [5.74, 6) is 0.446. The first-order chi connectivity index (χ1) is 12.1. The molecule has 3 rings (SSSR count). The molecule has 4 nitrogen and oxygen atoms in total. The molecular weight excluding hydrogens is 361 g/mol. The molecule has 1 fully saturated rings. The van der Waals surface area contributed by atoms with Crippen molar-refractivity contribution in [2.75, 3.05) is 13.2 Å². The molecule has 25 heavy (non-hydrogen) atoms. The van der Waals surface area contributed by atoms with Crippen LogP contribution in [-0.4, -0.2) is 25.2 Å². The SMILES string of the molecule is O=C(NC[C@H]1CCCO1)c1cccc(COc2ccc(Cl)cc2Cl)c1. The van der Waals surface area contributed by atoms with Gasteiger partial charge in [-0.05, 0) is 48.7 Å². The van der Waals surface area contributed by atoms with Crippen molar-refractivity contribution in [3.8, 4) is 5.75 Å². The van der Waals surface area contributed by atoms with Gasteiger partial charge in [0.25, 0.3) is 5.91 Å². The molecule has 1 aliphatic rings. The summed E-state index contributed by atoms with van der Waals surface area (Å²) in [5.41, 5.74) is 1.48. The summed E-state index contributed by atoms with van der Waals surface area (Å²) < 4.78 is 11.2. The van der Waals surface area contributed by atoms with Gasteiger partial charge in [0.1, 0.15) is 12.4 Å². The van der Waals surface area contributed by atoms with E-state index in [0.29, 0.717) is 34.5 Å². The molecule has 132 valence electrons. The molecule has 0 aromatic heterocycles. The Kier molecular flexibility index (Phi) is 6.19. The average Bonchev–Trinajstić information content (AvgIpc) is 3.13. The van der Waals surface area contributed by atoms with Crippen LogP contribution in [0.15, 0.2) is 42.5 Å². The second kappa shape index (κ2) is 8.56. The molecule has 1 N–H and O–H groups in total. The number of hydrogen-bond donors (Lipinski definition) is 1. The second-order valence-corrected chi connectivity index (χ2v) is 6.75. The third kappa shape index (κ3) is 5.11. The normalized spacial score (nSPS) is 16.6. The zero-order chi connectivity index (χ0) is 17.6.